The number of nitrogens with one attached hydrogen (secondary N) is 1. The molecule has 11 heavy (non-hydrogen) atoms. The average Bonchev–Trinajstić information content (AvgIpc) is 2.39. The predicted molar refractivity (Wildman–Crippen MR) is 50.2 cm³/mol. The Kier molecular flexibility index (Phi) is 2.73. The molecule has 0 unspecified atom stereocenters. The molecular formula is C10H13N. The van der Waals surface area contributed by atoms with Crippen molar-refractivity contribution in [3.8, 4) is 0 Å². The van der Waals surface area contributed by atoms with Crippen LogP contribution >= 0.6 is 0 Å². The van der Waals surface area contributed by atoms with E-state index in [1.807, 2.05) is 32.2 Å². The summed E-state index contributed by atoms with van der Waals surface area (Å²) in [5, 5.41) is 0. The lowest BCUT2D eigenvalue weighted by molar-refractivity contribution is 1.37. The smallest absolute Gasteiger partial charge is 0.0450 e. The van der Waals surface area contributed by atoms with Gasteiger partial charge in [0.2, 0.25) is 0 Å². The quantitative estimate of drug-likeness (QED) is 0.661. The van der Waals surface area contributed by atoms with Crippen molar-refractivity contribution < 1.29 is 0 Å². The van der Waals surface area contributed by atoms with Crippen LogP contribution < -0.4 is 0 Å². The number of hydrogen-bond donors (Lipinski definition) is 1. The molecule has 0 saturated heterocycles. The van der Waals surface area contributed by atoms with Crippen LogP contribution in [0.3, 0.4) is 0 Å². The minimum absolute atomic E-state index is 1.17. The Labute approximate surface area is 67.5 Å². The predicted octanol–water partition coefficient (Wildman–Crippen LogP) is 3.08. The second kappa shape index (κ2) is 3.81. The SMILES string of the molecule is C/C=C\c1cc[nH]c1/C=C\C. The Morgan fingerprint density at radius 2 is 1.91 bits per heavy atom. The van der Waals surface area contributed by atoms with E-state index in [0.29, 0.717) is 0 Å². The van der Waals surface area contributed by atoms with Crippen molar-refractivity contribution >= 4 is 12.2 Å². The van der Waals surface area contributed by atoms with Crippen molar-refractivity contribution in [3.05, 3.63) is 35.7 Å². The lowest BCUT2D eigenvalue weighted by atomic mass is 10.2. The number of hydrogen-bond acceptors (Lipinski definition) is 0. The van der Waals surface area contributed by atoms with Gasteiger partial charge in [0, 0.05) is 11.9 Å². The molecule has 0 aliphatic heterocycles. The Balaban J connectivity index is 2.95. The standard InChI is InChI=1S/C10H13N/c1-3-5-9-7-8-11-10(9)6-4-2/h3-8,11H,1-2H3/b5-3-,6-4-. The number of H-pyrrole nitrogens is 1. The molecule has 1 N–H and O–H groups in total. The van der Waals surface area contributed by atoms with Crippen molar-refractivity contribution in [2.75, 3.05) is 0 Å². The summed E-state index contributed by atoms with van der Waals surface area (Å²) in [4.78, 5) is 3.15. The highest BCUT2D eigenvalue weighted by Gasteiger charge is 1.93. The molecule has 0 aliphatic carbocycles. The molecule has 1 aromatic rings. The molecule has 0 spiro atoms. The molecule has 58 valence electrons. The van der Waals surface area contributed by atoms with Crippen LogP contribution in [0.4, 0.5) is 0 Å². The summed E-state index contributed by atoms with van der Waals surface area (Å²) >= 11 is 0. The van der Waals surface area contributed by atoms with Crippen molar-refractivity contribution in [2.24, 2.45) is 0 Å². The molecule has 0 bridgehead atoms. The highest BCUT2D eigenvalue weighted by molar-refractivity contribution is 5.62. The maximum atomic E-state index is 3.15. The first kappa shape index (κ1) is 7.86. The Bertz CT molecular complexity index is 240. The minimum atomic E-state index is 1.17. The van der Waals surface area contributed by atoms with Gasteiger partial charge in [-0.1, -0.05) is 18.2 Å². The van der Waals surface area contributed by atoms with Gasteiger partial charge in [0.25, 0.3) is 0 Å². The Hall–Kier alpha value is -1.24. The molecule has 1 aromatic heterocycles. The summed E-state index contributed by atoms with van der Waals surface area (Å²) in [6.07, 6.45) is 10.2. The molecule has 0 aliphatic rings. The first-order valence-corrected chi connectivity index (χ1v) is 3.81. The summed E-state index contributed by atoms with van der Waals surface area (Å²) in [5.74, 6) is 0. The van der Waals surface area contributed by atoms with Crippen molar-refractivity contribution in [3.63, 3.8) is 0 Å². The monoisotopic (exact) mass is 147 g/mol. The molecule has 0 radical (unpaired) electrons. The van der Waals surface area contributed by atoms with Gasteiger partial charge in [-0.2, -0.15) is 0 Å². The Morgan fingerprint density at radius 3 is 2.55 bits per heavy atom. The molecule has 1 heteroatoms. The molecule has 0 atom stereocenters. The maximum absolute atomic E-state index is 3.15. The Morgan fingerprint density at radius 1 is 1.18 bits per heavy atom. The highest BCUT2D eigenvalue weighted by atomic mass is 14.7. The first-order valence-electron chi connectivity index (χ1n) is 3.81. The van der Waals surface area contributed by atoms with Gasteiger partial charge in [-0.05, 0) is 31.6 Å². The van der Waals surface area contributed by atoms with Crippen LogP contribution in [-0.2, 0) is 0 Å². The summed E-state index contributed by atoms with van der Waals surface area (Å²) in [5.41, 5.74) is 2.41. The fourth-order valence-electron chi connectivity index (χ4n) is 1.03. The van der Waals surface area contributed by atoms with E-state index in [2.05, 4.69) is 23.2 Å². The second-order valence-electron chi connectivity index (χ2n) is 2.35. The van der Waals surface area contributed by atoms with E-state index < -0.39 is 0 Å². The topological polar surface area (TPSA) is 15.8 Å². The van der Waals surface area contributed by atoms with E-state index >= 15 is 0 Å². The largest absolute Gasteiger partial charge is 0.361 e. The molecule has 1 rings (SSSR count). The van der Waals surface area contributed by atoms with Crippen molar-refractivity contribution in [1.82, 2.24) is 4.98 Å². The molecule has 1 nitrogen and oxygen atoms in total. The van der Waals surface area contributed by atoms with Crippen LogP contribution in [0.15, 0.2) is 24.4 Å². The third kappa shape index (κ3) is 1.84. The lowest BCUT2D eigenvalue weighted by Crippen LogP contribution is -1.73. The molecule has 0 aromatic carbocycles. The van der Waals surface area contributed by atoms with Gasteiger partial charge in [-0.15, -0.1) is 0 Å². The van der Waals surface area contributed by atoms with E-state index in [0.717, 1.165) is 0 Å². The number of aromatic nitrogens is 1. The third-order valence-corrected chi connectivity index (χ3v) is 1.49. The van der Waals surface area contributed by atoms with E-state index in [-0.39, 0.29) is 0 Å². The fourth-order valence-corrected chi connectivity index (χ4v) is 1.03. The lowest BCUT2D eigenvalue weighted by Gasteiger charge is -1.89. The molecule has 1 heterocycles. The number of aromatic amines is 1. The summed E-state index contributed by atoms with van der Waals surface area (Å²) in [6.45, 7) is 4.03. The van der Waals surface area contributed by atoms with Crippen LogP contribution in [0.1, 0.15) is 25.1 Å². The molecule has 0 fully saturated rings. The van der Waals surface area contributed by atoms with Gasteiger partial charge in [0.15, 0.2) is 0 Å². The third-order valence-electron chi connectivity index (χ3n) is 1.49. The first-order chi connectivity index (χ1) is 5.38. The normalized spacial score (nSPS) is 11.8. The van der Waals surface area contributed by atoms with Gasteiger partial charge in [-0.25, -0.2) is 0 Å². The van der Waals surface area contributed by atoms with E-state index in [9.17, 15) is 0 Å². The van der Waals surface area contributed by atoms with Gasteiger partial charge in [-0.3, -0.25) is 0 Å². The molecule has 0 amide bonds. The van der Waals surface area contributed by atoms with Crippen molar-refractivity contribution in [1.29, 1.82) is 0 Å². The molecular weight excluding hydrogens is 134 g/mol. The van der Waals surface area contributed by atoms with Gasteiger partial charge in [0.05, 0.1) is 0 Å². The average molecular weight is 147 g/mol. The fraction of sp³-hybridized carbons (Fsp3) is 0.200. The summed E-state index contributed by atoms with van der Waals surface area (Å²) in [7, 11) is 0. The van der Waals surface area contributed by atoms with Crippen LogP contribution in [0.25, 0.3) is 12.2 Å². The van der Waals surface area contributed by atoms with Crippen LogP contribution in [0, 0.1) is 0 Å². The van der Waals surface area contributed by atoms with Crippen LogP contribution in [0.5, 0.6) is 0 Å². The van der Waals surface area contributed by atoms with E-state index in [1.165, 1.54) is 11.3 Å². The maximum Gasteiger partial charge on any atom is 0.0450 e. The zero-order chi connectivity index (χ0) is 8.10. The number of rotatable bonds is 2. The molecule has 0 saturated carbocycles. The van der Waals surface area contributed by atoms with Gasteiger partial charge < -0.3 is 4.98 Å². The second-order valence-corrected chi connectivity index (χ2v) is 2.35. The van der Waals surface area contributed by atoms with Gasteiger partial charge >= 0.3 is 0 Å². The minimum Gasteiger partial charge on any atom is -0.361 e. The van der Waals surface area contributed by atoms with Gasteiger partial charge in [0.1, 0.15) is 0 Å². The zero-order valence-electron chi connectivity index (χ0n) is 6.96. The summed E-state index contributed by atoms with van der Waals surface area (Å²) < 4.78 is 0. The zero-order valence-corrected chi connectivity index (χ0v) is 6.96. The van der Waals surface area contributed by atoms with E-state index in [4.69, 9.17) is 0 Å². The number of allylic oxidation sites excluding steroid dienone is 2. The van der Waals surface area contributed by atoms with Crippen molar-refractivity contribution in [2.45, 2.75) is 13.8 Å². The highest BCUT2D eigenvalue weighted by Crippen LogP contribution is 2.10. The van der Waals surface area contributed by atoms with Crippen LogP contribution in [-0.4, -0.2) is 4.98 Å². The van der Waals surface area contributed by atoms with E-state index in [1.54, 1.807) is 0 Å². The van der Waals surface area contributed by atoms with Crippen LogP contribution in [0.2, 0.25) is 0 Å². The summed E-state index contributed by atoms with van der Waals surface area (Å²) in [6, 6.07) is 2.06.